The lowest BCUT2D eigenvalue weighted by atomic mass is 10.0. The van der Waals surface area contributed by atoms with Crippen LogP contribution in [0.5, 0.6) is 0 Å². The second-order valence-corrected chi connectivity index (χ2v) is 9.29. The number of esters is 1. The van der Waals surface area contributed by atoms with E-state index in [-0.39, 0.29) is 12.4 Å². The monoisotopic (exact) mass is 410 g/mol. The molecule has 0 saturated carbocycles. The number of aliphatic hydroxyl groups is 1. The number of rotatable bonds is 0. The van der Waals surface area contributed by atoms with Crippen molar-refractivity contribution in [1.29, 1.82) is 0 Å². The van der Waals surface area contributed by atoms with Gasteiger partial charge in [0.2, 0.25) is 0 Å². The van der Waals surface area contributed by atoms with Gasteiger partial charge in [0.05, 0.1) is 19.1 Å². The van der Waals surface area contributed by atoms with Gasteiger partial charge in [0.25, 0.3) is 0 Å². The zero-order valence-electron chi connectivity index (χ0n) is 19.3. The molecule has 1 aliphatic heterocycles. The highest BCUT2D eigenvalue weighted by Gasteiger charge is 2.11. The minimum absolute atomic E-state index is 0.167. The van der Waals surface area contributed by atoms with Crippen LogP contribution < -0.4 is 0 Å². The van der Waals surface area contributed by atoms with E-state index in [0.717, 1.165) is 25.7 Å². The molecule has 0 unspecified atom stereocenters. The van der Waals surface area contributed by atoms with Crippen molar-refractivity contribution in [2.75, 3.05) is 6.61 Å². The summed E-state index contributed by atoms with van der Waals surface area (Å²) in [5, 5.41) is 10.0. The molecular formula is C26H50O3. The van der Waals surface area contributed by atoms with Gasteiger partial charge in [0, 0.05) is 0 Å². The first-order valence-electron chi connectivity index (χ1n) is 13.1. The zero-order chi connectivity index (χ0) is 20.8. The van der Waals surface area contributed by atoms with Gasteiger partial charge in [-0.25, -0.2) is 0 Å². The topological polar surface area (TPSA) is 46.5 Å². The predicted molar refractivity (Wildman–Crippen MR) is 123 cm³/mol. The minimum atomic E-state index is -0.523. The van der Waals surface area contributed by atoms with Crippen LogP contribution in [-0.4, -0.2) is 23.8 Å². The van der Waals surface area contributed by atoms with Gasteiger partial charge in [-0.3, -0.25) is 4.79 Å². The van der Waals surface area contributed by atoms with Gasteiger partial charge in [-0.2, -0.15) is 0 Å². The van der Waals surface area contributed by atoms with Crippen LogP contribution >= 0.6 is 0 Å². The Morgan fingerprint density at radius 2 is 0.828 bits per heavy atom. The average molecular weight is 411 g/mol. The van der Waals surface area contributed by atoms with Gasteiger partial charge < -0.3 is 9.84 Å². The fraction of sp³-hybridized carbons (Fsp3) is 0.962. The molecule has 0 bridgehead atoms. The molecule has 0 aromatic rings. The number of hydrogen-bond donors (Lipinski definition) is 1. The molecule has 3 heteroatoms. The summed E-state index contributed by atoms with van der Waals surface area (Å²) in [5.41, 5.74) is 0. The Morgan fingerprint density at radius 3 is 1.21 bits per heavy atom. The van der Waals surface area contributed by atoms with Crippen LogP contribution in [0.1, 0.15) is 148 Å². The second kappa shape index (κ2) is 20.7. The van der Waals surface area contributed by atoms with Crippen LogP contribution in [0.2, 0.25) is 0 Å². The third-order valence-corrected chi connectivity index (χ3v) is 6.35. The molecule has 0 radical (unpaired) electrons. The minimum Gasteiger partial charge on any atom is -0.466 e. The fourth-order valence-corrected chi connectivity index (χ4v) is 4.38. The highest BCUT2D eigenvalue weighted by molar-refractivity contribution is 5.69. The smallest absolute Gasteiger partial charge is 0.308 e. The summed E-state index contributed by atoms with van der Waals surface area (Å²) in [6.07, 6.45) is 28.1. The molecule has 29 heavy (non-hydrogen) atoms. The maximum absolute atomic E-state index is 11.8. The van der Waals surface area contributed by atoms with Gasteiger partial charge >= 0.3 is 5.97 Å². The number of aliphatic hydroxyl groups excluding tert-OH is 1. The Balaban J connectivity index is 2.14. The summed E-state index contributed by atoms with van der Waals surface area (Å²) >= 11 is 0. The Bertz CT molecular complexity index is 356. The zero-order valence-corrected chi connectivity index (χ0v) is 19.3. The van der Waals surface area contributed by atoms with Crippen molar-refractivity contribution >= 4 is 5.97 Å². The molecule has 0 amide bonds. The maximum Gasteiger partial charge on any atom is 0.308 e. The third kappa shape index (κ3) is 19.2. The number of ether oxygens (including phenoxy) is 1. The van der Waals surface area contributed by atoms with E-state index in [1.54, 1.807) is 0 Å². The lowest BCUT2D eigenvalue weighted by Gasteiger charge is -2.10. The van der Waals surface area contributed by atoms with Gasteiger partial charge in [0.15, 0.2) is 0 Å². The van der Waals surface area contributed by atoms with Gasteiger partial charge in [0.1, 0.15) is 0 Å². The van der Waals surface area contributed by atoms with E-state index in [0.29, 0.717) is 6.61 Å². The first kappa shape index (κ1) is 26.5. The standard InChI is InChI=1S/C26H50O3/c27-25-22-20-18-16-14-12-10-8-6-4-2-1-3-5-7-9-11-13-15-17-19-21-23-29-26(28)24-25/h25,27H,1-24H2/t25-/m1/s1. The summed E-state index contributed by atoms with van der Waals surface area (Å²) in [6.45, 7) is 0.519. The quantitative estimate of drug-likeness (QED) is 0.413. The Hall–Kier alpha value is -0.570. The number of cyclic esters (lactones) is 1. The van der Waals surface area contributed by atoms with Crippen molar-refractivity contribution in [2.45, 2.75) is 154 Å². The predicted octanol–water partition coefficient (Wildman–Crippen LogP) is 7.88. The molecule has 1 aliphatic rings. The molecule has 3 nitrogen and oxygen atoms in total. The van der Waals surface area contributed by atoms with E-state index in [1.807, 2.05) is 0 Å². The van der Waals surface area contributed by atoms with E-state index in [9.17, 15) is 9.90 Å². The molecular weight excluding hydrogens is 360 g/mol. The van der Waals surface area contributed by atoms with Crippen LogP contribution in [0.4, 0.5) is 0 Å². The maximum atomic E-state index is 11.8. The van der Waals surface area contributed by atoms with E-state index in [2.05, 4.69) is 0 Å². The summed E-state index contributed by atoms with van der Waals surface area (Å²) < 4.78 is 5.28. The second-order valence-electron chi connectivity index (χ2n) is 9.29. The number of hydrogen-bond acceptors (Lipinski definition) is 3. The van der Waals surface area contributed by atoms with Crippen molar-refractivity contribution in [3.05, 3.63) is 0 Å². The van der Waals surface area contributed by atoms with Crippen LogP contribution in [0.25, 0.3) is 0 Å². The average Bonchev–Trinajstić information content (AvgIpc) is 2.70. The van der Waals surface area contributed by atoms with E-state index in [1.165, 1.54) is 116 Å². The summed E-state index contributed by atoms with van der Waals surface area (Å²) in [4.78, 5) is 11.8. The molecule has 172 valence electrons. The molecule has 1 rings (SSSR count). The van der Waals surface area contributed by atoms with E-state index in [4.69, 9.17) is 4.74 Å². The molecule has 1 saturated heterocycles. The lowest BCUT2D eigenvalue weighted by molar-refractivity contribution is -0.146. The summed E-state index contributed by atoms with van der Waals surface area (Å²) in [5.74, 6) is -0.227. The summed E-state index contributed by atoms with van der Waals surface area (Å²) in [6, 6.07) is 0. The lowest BCUT2D eigenvalue weighted by Crippen LogP contribution is -2.16. The van der Waals surface area contributed by atoms with Crippen molar-refractivity contribution in [3.8, 4) is 0 Å². The molecule has 1 heterocycles. The van der Waals surface area contributed by atoms with Crippen molar-refractivity contribution < 1.29 is 14.6 Å². The normalized spacial score (nSPS) is 25.6. The molecule has 1 N–H and O–H groups in total. The van der Waals surface area contributed by atoms with Crippen LogP contribution in [0, 0.1) is 0 Å². The van der Waals surface area contributed by atoms with Crippen LogP contribution in [0.15, 0.2) is 0 Å². The highest BCUT2D eigenvalue weighted by Crippen LogP contribution is 2.16. The third-order valence-electron chi connectivity index (χ3n) is 6.35. The summed E-state index contributed by atoms with van der Waals surface area (Å²) in [7, 11) is 0. The van der Waals surface area contributed by atoms with Crippen molar-refractivity contribution in [1.82, 2.24) is 0 Å². The first-order valence-corrected chi connectivity index (χ1v) is 13.1. The first-order chi connectivity index (χ1) is 14.3. The molecule has 1 fully saturated rings. The largest absolute Gasteiger partial charge is 0.466 e. The number of carbonyl (C=O) groups excluding carboxylic acids is 1. The van der Waals surface area contributed by atoms with Gasteiger partial charge in [-0.05, 0) is 12.8 Å². The van der Waals surface area contributed by atoms with Crippen LogP contribution in [-0.2, 0) is 9.53 Å². The fourth-order valence-electron chi connectivity index (χ4n) is 4.38. The SMILES string of the molecule is O=C1C[C@H](O)CCCCCCCCCCCCCCCCCCCCCCCO1. The molecule has 0 aromatic heterocycles. The Kier molecular flexibility index (Phi) is 18.9. The van der Waals surface area contributed by atoms with E-state index < -0.39 is 6.10 Å². The van der Waals surface area contributed by atoms with Crippen LogP contribution in [0.3, 0.4) is 0 Å². The van der Waals surface area contributed by atoms with E-state index >= 15 is 0 Å². The highest BCUT2D eigenvalue weighted by atomic mass is 16.5. The number of carbonyl (C=O) groups is 1. The van der Waals surface area contributed by atoms with Crippen molar-refractivity contribution in [2.24, 2.45) is 0 Å². The molecule has 0 aromatic carbocycles. The molecule has 0 spiro atoms. The Morgan fingerprint density at radius 1 is 0.517 bits per heavy atom. The molecule has 0 aliphatic carbocycles. The van der Waals surface area contributed by atoms with Gasteiger partial charge in [-0.15, -0.1) is 0 Å². The van der Waals surface area contributed by atoms with Crippen molar-refractivity contribution in [3.63, 3.8) is 0 Å². The van der Waals surface area contributed by atoms with Gasteiger partial charge in [-0.1, -0.05) is 128 Å². The molecule has 1 atom stereocenters. The Labute approximate surface area is 181 Å².